The number of ether oxygens (including phenoxy) is 1. The van der Waals surface area contributed by atoms with Crippen LogP contribution in [0.3, 0.4) is 0 Å². The van der Waals surface area contributed by atoms with E-state index in [2.05, 4.69) is 38.3 Å². The highest BCUT2D eigenvalue weighted by Crippen LogP contribution is 2.31. The van der Waals surface area contributed by atoms with Crippen LogP contribution in [0, 0.1) is 5.92 Å². The molecule has 1 aliphatic heterocycles. The van der Waals surface area contributed by atoms with Crippen molar-refractivity contribution >= 4 is 38.4 Å². The molecule has 6 heteroatoms. The van der Waals surface area contributed by atoms with Gasteiger partial charge < -0.3 is 9.64 Å². The number of carbonyl (C=O) groups excluding carboxylic acids is 1. The largest absolute Gasteiger partial charge is 0.466 e. The van der Waals surface area contributed by atoms with E-state index in [9.17, 15) is 4.79 Å². The fraction of sp³-hybridized carbons (Fsp3) is 0.412. The Morgan fingerprint density at radius 2 is 2.04 bits per heavy atom. The SMILES string of the molecule is CCOC(=O)C1CCN(c2nc(-c3ccc(Br)cc3)cs2)CC1. The van der Waals surface area contributed by atoms with Gasteiger partial charge in [-0.2, -0.15) is 0 Å². The van der Waals surface area contributed by atoms with Crippen molar-refractivity contribution in [1.29, 1.82) is 0 Å². The molecule has 1 fully saturated rings. The maximum absolute atomic E-state index is 11.8. The van der Waals surface area contributed by atoms with Crippen LogP contribution < -0.4 is 4.90 Å². The lowest BCUT2D eigenvalue weighted by Crippen LogP contribution is -2.36. The van der Waals surface area contributed by atoms with Crippen LogP contribution in [0.5, 0.6) is 0 Å². The zero-order valence-corrected chi connectivity index (χ0v) is 15.4. The van der Waals surface area contributed by atoms with Gasteiger partial charge in [-0.25, -0.2) is 4.98 Å². The number of halogens is 1. The van der Waals surface area contributed by atoms with Crippen molar-refractivity contribution < 1.29 is 9.53 Å². The number of aromatic nitrogens is 1. The topological polar surface area (TPSA) is 42.4 Å². The molecule has 0 unspecified atom stereocenters. The first kappa shape index (κ1) is 16.5. The Labute approximate surface area is 148 Å². The molecule has 3 rings (SSSR count). The standard InChI is InChI=1S/C17H19BrN2O2S/c1-2-22-16(21)13-7-9-20(10-8-13)17-19-15(11-23-17)12-3-5-14(18)6-4-12/h3-6,11,13H,2,7-10H2,1H3. The molecule has 0 aliphatic carbocycles. The number of esters is 1. The van der Waals surface area contributed by atoms with E-state index < -0.39 is 0 Å². The van der Waals surface area contributed by atoms with Gasteiger partial charge in [0.2, 0.25) is 0 Å². The van der Waals surface area contributed by atoms with Gasteiger partial charge in [-0.3, -0.25) is 4.79 Å². The molecule has 0 atom stereocenters. The predicted octanol–water partition coefficient (Wildman–Crippen LogP) is 4.35. The second-order valence-electron chi connectivity index (χ2n) is 5.54. The highest BCUT2D eigenvalue weighted by molar-refractivity contribution is 9.10. The van der Waals surface area contributed by atoms with Gasteiger partial charge in [0.1, 0.15) is 0 Å². The Hall–Kier alpha value is -1.40. The van der Waals surface area contributed by atoms with Crippen molar-refractivity contribution in [2.75, 3.05) is 24.6 Å². The van der Waals surface area contributed by atoms with Crippen molar-refractivity contribution in [3.8, 4) is 11.3 Å². The summed E-state index contributed by atoms with van der Waals surface area (Å²) in [6.07, 6.45) is 1.68. The highest BCUT2D eigenvalue weighted by atomic mass is 79.9. The summed E-state index contributed by atoms with van der Waals surface area (Å²) in [5.41, 5.74) is 2.13. The summed E-state index contributed by atoms with van der Waals surface area (Å²) in [5, 5.41) is 3.13. The lowest BCUT2D eigenvalue weighted by atomic mass is 9.97. The van der Waals surface area contributed by atoms with Crippen LogP contribution in [0.2, 0.25) is 0 Å². The van der Waals surface area contributed by atoms with E-state index >= 15 is 0 Å². The van der Waals surface area contributed by atoms with E-state index in [0.29, 0.717) is 6.61 Å². The molecule has 4 nitrogen and oxygen atoms in total. The lowest BCUT2D eigenvalue weighted by Gasteiger charge is -2.30. The zero-order chi connectivity index (χ0) is 16.2. The molecule has 1 saturated heterocycles. The molecule has 2 heterocycles. The van der Waals surface area contributed by atoms with Crippen LogP contribution in [-0.4, -0.2) is 30.6 Å². The van der Waals surface area contributed by atoms with Gasteiger partial charge in [-0.05, 0) is 31.9 Å². The van der Waals surface area contributed by atoms with E-state index in [1.165, 1.54) is 0 Å². The van der Waals surface area contributed by atoms with E-state index in [4.69, 9.17) is 9.72 Å². The fourth-order valence-electron chi connectivity index (χ4n) is 2.73. The van der Waals surface area contributed by atoms with Gasteiger partial charge in [0.25, 0.3) is 0 Å². The third-order valence-electron chi connectivity index (χ3n) is 4.02. The van der Waals surface area contributed by atoms with E-state index in [1.807, 2.05) is 19.1 Å². The number of anilines is 1. The number of nitrogens with zero attached hydrogens (tertiary/aromatic N) is 2. The number of benzene rings is 1. The molecule has 1 aliphatic rings. The van der Waals surface area contributed by atoms with Gasteiger partial charge >= 0.3 is 5.97 Å². The molecule has 0 saturated carbocycles. The molecule has 0 radical (unpaired) electrons. The molecule has 0 N–H and O–H groups in total. The summed E-state index contributed by atoms with van der Waals surface area (Å²) in [6.45, 7) is 4.03. The average Bonchev–Trinajstić information content (AvgIpc) is 3.06. The van der Waals surface area contributed by atoms with Gasteiger partial charge in [-0.1, -0.05) is 28.1 Å². The Kier molecular flexibility index (Phi) is 5.33. The monoisotopic (exact) mass is 394 g/mol. The third-order valence-corrected chi connectivity index (χ3v) is 5.45. The van der Waals surface area contributed by atoms with E-state index in [1.54, 1.807) is 11.3 Å². The van der Waals surface area contributed by atoms with E-state index in [0.717, 1.165) is 46.8 Å². The quantitative estimate of drug-likeness (QED) is 0.722. The molecule has 0 bridgehead atoms. The molecule has 0 spiro atoms. The van der Waals surface area contributed by atoms with Crippen LogP contribution in [-0.2, 0) is 9.53 Å². The van der Waals surface area contributed by atoms with Gasteiger partial charge in [0.15, 0.2) is 5.13 Å². The molecular weight excluding hydrogens is 376 g/mol. The Morgan fingerprint density at radius 3 is 2.70 bits per heavy atom. The third kappa shape index (κ3) is 3.93. The van der Waals surface area contributed by atoms with Crippen LogP contribution in [0.1, 0.15) is 19.8 Å². The predicted molar refractivity (Wildman–Crippen MR) is 96.8 cm³/mol. The molecule has 2 aromatic rings. The number of thiazole rings is 1. The number of carbonyl (C=O) groups is 1. The minimum absolute atomic E-state index is 0.0390. The van der Waals surface area contributed by atoms with Crippen molar-refractivity contribution in [2.24, 2.45) is 5.92 Å². The maximum atomic E-state index is 11.8. The first-order chi connectivity index (χ1) is 11.2. The lowest BCUT2D eigenvalue weighted by molar-refractivity contribution is -0.148. The van der Waals surface area contributed by atoms with Gasteiger partial charge in [-0.15, -0.1) is 11.3 Å². The number of rotatable bonds is 4. The van der Waals surface area contributed by atoms with Crippen LogP contribution >= 0.6 is 27.3 Å². The smallest absolute Gasteiger partial charge is 0.309 e. The summed E-state index contributed by atoms with van der Waals surface area (Å²) in [5.74, 6) is -0.0149. The zero-order valence-electron chi connectivity index (χ0n) is 13.0. The molecule has 1 aromatic carbocycles. The van der Waals surface area contributed by atoms with Gasteiger partial charge in [0, 0.05) is 28.5 Å². The number of hydrogen-bond donors (Lipinski definition) is 0. The number of hydrogen-bond acceptors (Lipinski definition) is 5. The second-order valence-corrected chi connectivity index (χ2v) is 7.29. The second kappa shape index (κ2) is 7.45. The average molecular weight is 395 g/mol. The Balaban J connectivity index is 1.63. The summed E-state index contributed by atoms with van der Waals surface area (Å²) < 4.78 is 6.19. The first-order valence-corrected chi connectivity index (χ1v) is 9.47. The highest BCUT2D eigenvalue weighted by Gasteiger charge is 2.27. The number of piperidine rings is 1. The van der Waals surface area contributed by atoms with Crippen LogP contribution in [0.15, 0.2) is 34.1 Å². The molecular formula is C17H19BrN2O2S. The van der Waals surface area contributed by atoms with Crippen molar-refractivity contribution in [3.05, 3.63) is 34.1 Å². The van der Waals surface area contributed by atoms with Gasteiger partial charge in [0.05, 0.1) is 18.2 Å². The van der Waals surface area contributed by atoms with Crippen molar-refractivity contribution in [1.82, 2.24) is 4.98 Å². The van der Waals surface area contributed by atoms with Crippen LogP contribution in [0.25, 0.3) is 11.3 Å². The first-order valence-electron chi connectivity index (χ1n) is 7.80. The Bertz CT molecular complexity index is 663. The summed E-state index contributed by atoms with van der Waals surface area (Å²) in [7, 11) is 0. The minimum atomic E-state index is -0.0539. The Morgan fingerprint density at radius 1 is 1.35 bits per heavy atom. The summed E-state index contributed by atoms with van der Waals surface area (Å²) in [4.78, 5) is 18.8. The van der Waals surface area contributed by atoms with Crippen molar-refractivity contribution in [2.45, 2.75) is 19.8 Å². The summed E-state index contributed by atoms with van der Waals surface area (Å²) in [6, 6.07) is 8.18. The fourth-order valence-corrected chi connectivity index (χ4v) is 3.88. The molecule has 0 amide bonds. The minimum Gasteiger partial charge on any atom is -0.466 e. The normalized spacial score (nSPS) is 15.7. The molecule has 122 valence electrons. The molecule has 23 heavy (non-hydrogen) atoms. The van der Waals surface area contributed by atoms with E-state index in [-0.39, 0.29) is 11.9 Å². The maximum Gasteiger partial charge on any atom is 0.309 e. The summed E-state index contributed by atoms with van der Waals surface area (Å²) >= 11 is 5.11. The molecule has 1 aromatic heterocycles. The van der Waals surface area contributed by atoms with Crippen molar-refractivity contribution in [3.63, 3.8) is 0 Å². The van der Waals surface area contributed by atoms with Crippen LogP contribution in [0.4, 0.5) is 5.13 Å².